The van der Waals surface area contributed by atoms with Gasteiger partial charge in [0, 0.05) is 44.5 Å². The quantitative estimate of drug-likeness (QED) is 0.781. The smallest absolute Gasteiger partial charge is 0.257 e. The van der Waals surface area contributed by atoms with Gasteiger partial charge in [0.2, 0.25) is 5.91 Å². The summed E-state index contributed by atoms with van der Waals surface area (Å²) < 4.78 is 0. The fourth-order valence-corrected chi connectivity index (χ4v) is 3.79. The number of hydrogen-bond acceptors (Lipinski definition) is 4. The molecule has 1 aromatic heterocycles. The van der Waals surface area contributed by atoms with Crippen molar-refractivity contribution in [3.8, 4) is 0 Å². The summed E-state index contributed by atoms with van der Waals surface area (Å²) in [4.78, 5) is 33.6. The van der Waals surface area contributed by atoms with Crippen molar-refractivity contribution in [2.75, 3.05) is 36.4 Å². The first-order chi connectivity index (χ1) is 14.7. The van der Waals surface area contributed by atoms with Gasteiger partial charge in [-0.1, -0.05) is 33.8 Å². The minimum absolute atomic E-state index is 0.00284. The SMILES string of the molecule is CCc1cc(NC(=O)c2ccc(N3CCN(C(=O)CC(C)(C)C)CC3)nc2)ccc1C. The number of benzene rings is 1. The highest BCUT2D eigenvalue weighted by molar-refractivity contribution is 6.04. The number of aryl methyl sites for hydroxylation is 2. The Morgan fingerprint density at radius 2 is 1.77 bits per heavy atom. The van der Waals surface area contributed by atoms with Gasteiger partial charge in [0.05, 0.1) is 5.56 Å². The van der Waals surface area contributed by atoms with Crippen molar-refractivity contribution in [2.24, 2.45) is 5.41 Å². The molecule has 166 valence electrons. The molecule has 1 saturated heterocycles. The molecule has 0 unspecified atom stereocenters. The number of hydrogen-bond donors (Lipinski definition) is 1. The molecule has 3 rings (SSSR count). The van der Waals surface area contributed by atoms with E-state index in [9.17, 15) is 9.59 Å². The summed E-state index contributed by atoms with van der Waals surface area (Å²) in [6, 6.07) is 9.67. The monoisotopic (exact) mass is 422 g/mol. The molecule has 2 amide bonds. The zero-order valence-electron chi connectivity index (χ0n) is 19.4. The number of piperazine rings is 1. The Labute approximate surface area is 185 Å². The number of carbonyl (C=O) groups excluding carboxylic acids is 2. The van der Waals surface area contributed by atoms with Crippen molar-refractivity contribution in [3.63, 3.8) is 0 Å². The van der Waals surface area contributed by atoms with E-state index in [1.807, 2.05) is 35.2 Å². The molecule has 0 saturated carbocycles. The maximum atomic E-state index is 12.6. The molecule has 1 fully saturated rings. The molecule has 0 radical (unpaired) electrons. The van der Waals surface area contributed by atoms with Crippen molar-refractivity contribution in [2.45, 2.75) is 47.5 Å². The van der Waals surface area contributed by atoms with Crippen LogP contribution in [0.25, 0.3) is 0 Å². The van der Waals surface area contributed by atoms with Gasteiger partial charge in [0.15, 0.2) is 0 Å². The normalized spacial score (nSPS) is 14.5. The average Bonchev–Trinajstić information content (AvgIpc) is 2.74. The lowest BCUT2D eigenvalue weighted by Crippen LogP contribution is -2.49. The molecular weight excluding hydrogens is 388 g/mol. The Morgan fingerprint density at radius 3 is 2.35 bits per heavy atom. The number of aromatic nitrogens is 1. The molecule has 6 nitrogen and oxygen atoms in total. The van der Waals surface area contributed by atoms with Crippen LogP contribution in [0.5, 0.6) is 0 Å². The predicted octanol–water partition coefficient (Wildman–Crippen LogP) is 4.29. The molecule has 31 heavy (non-hydrogen) atoms. The predicted molar refractivity (Wildman–Crippen MR) is 126 cm³/mol. The highest BCUT2D eigenvalue weighted by Gasteiger charge is 2.25. The number of nitrogens with zero attached hydrogens (tertiary/aromatic N) is 3. The molecule has 1 aliphatic heterocycles. The summed E-state index contributed by atoms with van der Waals surface area (Å²) >= 11 is 0. The molecule has 2 aromatic rings. The van der Waals surface area contributed by atoms with Gasteiger partial charge in [-0.25, -0.2) is 4.98 Å². The number of anilines is 2. The van der Waals surface area contributed by atoms with Crippen LogP contribution < -0.4 is 10.2 Å². The Morgan fingerprint density at radius 1 is 1.06 bits per heavy atom. The lowest BCUT2D eigenvalue weighted by atomic mass is 9.91. The topological polar surface area (TPSA) is 65.5 Å². The van der Waals surface area contributed by atoms with Crippen LogP contribution in [0.1, 0.15) is 55.6 Å². The van der Waals surface area contributed by atoms with Crippen LogP contribution in [0.15, 0.2) is 36.5 Å². The second kappa shape index (κ2) is 9.50. The standard InChI is InChI=1S/C25H34N4O2/c1-6-19-15-21(9-7-18(19)2)27-24(31)20-8-10-22(26-17-20)28-11-13-29(14-12-28)23(30)16-25(3,4)5/h7-10,15,17H,6,11-14,16H2,1-5H3,(H,27,31). The van der Waals surface area contributed by atoms with Crippen LogP contribution in [-0.2, 0) is 11.2 Å². The number of nitrogens with one attached hydrogen (secondary N) is 1. The number of amides is 2. The Hall–Kier alpha value is -2.89. The first kappa shape index (κ1) is 22.8. The molecular formula is C25H34N4O2. The van der Waals surface area contributed by atoms with E-state index in [0.717, 1.165) is 31.0 Å². The highest BCUT2D eigenvalue weighted by Crippen LogP contribution is 2.22. The summed E-state index contributed by atoms with van der Waals surface area (Å²) in [7, 11) is 0. The van der Waals surface area contributed by atoms with Gasteiger partial charge < -0.3 is 15.1 Å². The summed E-state index contributed by atoms with van der Waals surface area (Å²) in [5, 5.41) is 2.96. The number of carbonyl (C=O) groups is 2. The van der Waals surface area contributed by atoms with Gasteiger partial charge in [0.25, 0.3) is 5.91 Å². The van der Waals surface area contributed by atoms with E-state index >= 15 is 0 Å². The molecule has 0 aliphatic carbocycles. The number of rotatable bonds is 5. The first-order valence-corrected chi connectivity index (χ1v) is 11.1. The first-order valence-electron chi connectivity index (χ1n) is 11.1. The van der Waals surface area contributed by atoms with E-state index < -0.39 is 0 Å². The van der Waals surface area contributed by atoms with Crippen molar-refractivity contribution >= 4 is 23.3 Å². The van der Waals surface area contributed by atoms with Crippen LogP contribution in [0, 0.1) is 12.3 Å². The fourth-order valence-electron chi connectivity index (χ4n) is 3.79. The molecule has 1 aliphatic rings. The minimum Gasteiger partial charge on any atom is -0.353 e. The lowest BCUT2D eigenvalue weighted by molar-refractivity contribution is -0.133. The third-order valence-electron chi connectivity index (χ3n) is 5.64. The lowest BCUT2D eigenvalue weighted by Gasteiger charge is -2.36. The van der Waals surface area contributed by atoms with E-state index in [2.05, 4.69) is 49.8 Å². The van der Waals surface area contributed by atoms with Gasteiger partial charge in [-0.15, -0.1) is 0 Å². The minimum atomic E-state index is -0.164. The molecule has 0 spiro atoms. The highest BCUT2D eigenvalue weighted by atomic mass is 16.2. The van der Waals surface area contributed by atoms with Crippen LogP contribution in [-0.4, -0.2) is 47.9 Å². The maximum absolute atomic E-state index is 12.6. The fraction of sp³-hybridized carbons (Fsp3) is 0.480. The van der Waals surface area contributed by atoms with E-state index in [1.165, 1.54) is 11.1 Å². The third kappa shape index (κ3) is 6.06. The zero-order chi connectivity index (χ0) is 22.6. The van der Waals surface area contributed by atoms with E-state index in [0.29, 0.717) is 25.1 Å². The van der Waals surface area contributed by atoms with Gasteiger partial charge in [-0.05, 0) is 54.2 Å². The van der Waals surface area contributed by atoms with Crippen molar-refractivity contribution in [1.82, 2.24) is 9.88 Å². The third-order valence-corrected chi connectivity index (χ3v) is 5.64. The molecule has 2 heterocycles. The van der Waals surface area contributed by atoms with Gasteiger partial charge in [-0.2, -0.15) is 0 Å². The molecule has 0 atom stereocenters. The molecule has 6 heteroatoms. The average molecular weight is 423 g/mol. The Kier molecular flexibility index (Phi) is 6.98. The van der Waals surface area contributed by atoms with Gasteiger partial charge in [0.1, 0.15) is 5.82 Å². The Bertz CT molecular complexity index is 924. The summed E-state index contributed by atoms with van der Waals surface area (Å²) in [6.45, 7) is 13.3. The number of pyridine rings is 1. The van der Waals surface area contributed by atoms with Crippen LogP contribution in [0.3, 0.4) is 0 Å². The largest absolute Gasteiger partial charge is 0.353 e. The second-order valence-electron chi connectivity index (χ2n) is 9.46. The Balaban J connectivity index is 1.57. The van der Waals surface area contributed by atoms with Crippen molar-refractivity contribution < 1.29 is 9.59 Å². The van der Waals surface area contributed by atoms with E-state index in [-0.39, 0.29) is 17.2 Å². The zero-order valence-corrected chi connectivity index (χ0v) is 19.4. The van der Waals surface area contributed by atoms with Crippen LogP contribution in [0.4, 0.5) is 11.5 Å². The van der Waals surface area contributed by atoms with Gasteiger partial charge >= 0.3 is 0 Å². The summed E-state index contributed by atoms with van der Waals surface area (Å²) in [6.07, 6.45) is 3.12. The molecule has 1 N–H and O–H groups in total. The van der Waals surface area contributed by atoms with Crippen LogP contribution in [0.2, 0.25) is 0 Å². The molecule has 0 bridgehead atoms. The van der Waals surface area contributed by atoms with Gasteiger partial charge in [-0.3, -0.25) is 9.59 Å². The molecule has 1 aromatic carbocycles. The second-order valence-corrected chi connectivity index (χ2v) is 9.46. The van der Waals surface area contributed by atoms with Crippen molar-refractivity contribution in [3.05, 3.63) is 53.2 Å². The summed E-state index contributed by atoms with van der Waals surface area (Å²) in [5.74, 6) is 0.889. The van der Waals surface area contributed by atoms with E-state index in [1.54, 1.807) is 6.20 Å². The van der Waals surface area contributed by atoms with Crippen LogP contribution >= 0.6 is 0 Å². The maximum Gasteiger partial charge on any atom is 0.257 e. The van der Waals surface area contributed by atoms with Crippen molar-refractivity contribution in [1.29, 1.82) is 0 Å². The summed E-state index contributed by atoms with van der Waals surface area (Å²) in [5.41, 5.74) is 3.79. The van der Waals surface area contributed by atoms with E-state index in [4.69, 9.17) is 0 Å².